The highest BCUT2D eigenvalue weighted by Gasteiger charge is 2.47. The summed E-state index contributed by atoms with van der Waals surface area (Å²) in [7, 11) is 0. The molecule has 186 valence electrons. The number of aromatic nitrogens is 2. The lowest BCUT2D eigenvalue weighted by molar-refractivity contribution is 0.160. The number of nitrogens with zero attached hydrogens (tertiary/aromatic N) is 4. The molecule has 3 heterocycles. The van der Waals surface area contributed by atoms with Gasteiger partial charge in [-0.15, -0.1) is 0 Å². The molecular weight excluding hydrogens is 450 g/mol. The predicted molar refractivity (Wildman–Crippen MR) is 140 cm³/mol. The first-order valence-corrected chi connectivity index (χ1v) is 13.0. The molecule has 1 fully saturated rings. The molecule has 1 aromatic heterocycles. The molecule has 0 saturated carbocycles. The van der Waals surface area contributed by atoms with Gasteiger partial charge in [-0.1, -0.05) is 49.4 Å². The minimum absolute atomic E-state index is 0.0288. The molecule has 0 radical (unpaired) electrons. The Morgan fingerprint density at radius 3 is 2.69 bits per heavy atom. The van der Waals surface area contributed by atoms with Gasteiger partial charge in [0.1, 0.15) is 12.1 Å². The SMILES string of the molecule is CC1CCc2ncnc(N3CC4(CCN(Cc5ccccc5)CC4)c4c(CNC(=O)O)cccc43)c21. The summed E-state index contributed by atoms with van der Waals surface area (Å²) in [5.74, 6) is 1.49. The zero-order valence-corrected chi connectivity index (χ0v) is 20.8. The van der Waals surface area contributed by atoms with Crippen molar-refractivity contribution >= 4 is 17.6 Å². The molecule has 1 unspecified atom stereocenters. The predicted octanol–water partition coefficient (Wildman–Crippen LogP) is 4.98. The lowest BCUT2D eigenvalue weighted by Gasteiger charge is -2.40. The number of anilines is 2. The largest absolute Gasteiger partial charge is 0.465 e. The highest BCUT2D eigenvalue weighted by Crippen LogP contribution is 2.52. The van der Waals surface area contributed by atoms with Crippen molar-refractivity contribution in [2.45, 2.75) is 57.0 Å². The van der Waals surface area contributed by atoms with Crippen LogP contribution >= 0.6 is 0 Å². The normalized spacial score (nSPS) is 20.4. The van der Waals surface area contributed by atoms with E-state index in [2.05, 4.69) is 75.6 Å². The number of amides is 1. The van der Waals surface area contributed by atoms with Crippen LogP contribution in [0.5, 0.6) is 0 Å². The molecule has 2 N–H and O–H groups in total. The molecule has 1 saturated heterocycles. The Kier molecular flexibility index (Phi) is 5.88. The number of fused-ring (bicyclic) bond motifs is 3. The molecule has 1 spiro atoms. The standard InChI is InChI=1S/C29H33N5O2/c1-20-10-11-23-25(20)27(32-19-31-23)34-18-29(26-22(16-30-28(35)36)8-5-9-24(26)34)12-14-33(15-13-29)17-21-6-3-2-4-7-21/h2-9,19-20,30H,10-18H2,1H3,(H,35,36). The summed E-state index contributed by atoms with van der Waals surface area (Å²) in [6, 6.07) is 17.0. The van der Waals surface area contributed by atoms with E-state index < -0.39 is 6.09 Å². The van der Waals surface area contributed by atoms with E-state index in [0.29, 0.717) is 12.5 Å². The van der Waals surface area contributed by atoms with Gasteiger partial charge in [0.15, 0.2) is 0 Å². The van der Waals surface area contributed by atoms with Crippen LogP contribution in [0.3, 0.4) is 0 Å². The molecule has 1 amide bonds. The smallest absolute Gasteiger partial charge is 0.404 e. The van der Waals surface area contributed by atoms with Gasteiger partial charge in [0.2, 0.25) is 0 Å². The quantitative estimate of drug-likeness (QED) is 0.533. The van der Waals surface area contributed by atoms with Crippen LogP contribution < -0.4 is 10.2 Å². The molecule has 1 aliphatic carbocycles. The first kappa shape index (κ1) is 23.0. The van der Waals surface area contributed by atoms with Crippen molar-refractivity contribution in [2.75, 3.05) is 24.5 Å². The number of nitrogens with one attached hydrogen (secondary N) is 1. The Morgan fingerprint density at radius 2 is 1.92 bits per heavy atom. The van der Waals surface area contributed by atoms with E-state index in [9.17, 15) is 9.90 Å². The molecule has 2 aliphatic heterocycles. The molecule has 7 nitrogen and oxygen atoms in total. The Morgan fingerprint density at radius 1 is 1.11 bits per heavy atom. The van der Waals surface area contributed by atoms with Crippen molar-refractivity contribution in [3.8, 4) is 0 Å². The Labute approximate surface area is 212 Å². The van der Waals surface area contributed by atoms with Crippen molar-refractivity contribution in [3.63, 3.8) is 0 Å². The number of piperidine rings is 1. The zero-order valence-electron chi connectivity index (χ0n) is 20.8. The first-order valence-electron chi connectivity index (χ1n) is 13.0. The lowest BCUT2D eigenvalue weighted by Crippen LogP contribution is -2.45. The monoisotopic (exact) mass is 483 g/mol. The second-order valence-corrected chi connectivity index (χ2v) is 10.6. The van der Waals surface area contributed by atoms with Gasteiger partial charge in [-0.05, 0) is 67.4 Å². The van der Waals surface area contributed by atoms with Crippen molar-refractivity contribution in [2.24, 2.45) is 0 Å². The Balaban J connectivity index is 1.36. The average molecular weight is 484 g/mol. The Hall–Kier alpha value is -3.45. The van der Waals surface area contributed by atoms with E-state index in [0.717, 1.165) is 63.2 Å². The summed E-state index contributed by atoms with van der Waals surface area (Å²) in [6.07, 6.45) is 4.93. The van der Waals surface area contributed by atoms with E-state index in [-0.39, 0.29) is 5.41 Å². The number of carbonyl (C=O) groups is 1. The van der Waals surface area contributed by atoms with Gasteiger partial charge in [0.25, 0.3) is 0 Å². The molecule has 0 bridgehead atoms. The van der Waals surface area contributed by atoms with Crippen LogP contribution in [-0.2, 0) is 24.9 Å². The van der Waals surface area contributed by atoms with Gasteiger partial charge >= 0.3 is 6.09 Å². The van der Waals surface area contributed by atoms with Crippen LogP contribution in [0.4, 0.5) is 16.3 Å². The second kappa shape index (κ2) is 9.21. The van der Waals surface area contributed by atoms with Crippen LogP contribution in [0.2, 0.25) is 0 Å². The fourth-order valence-corrected chi connectivity index (χ4v) is 6.62. The Bertz CT molecular complexity index is 1270. The topological polar surface area (TPSA) is 81.6 Å². The van der Waals surface area contributed by atoms with Crippen molar-refractivity contribution < 1.29 is 9.90 Å². The third-order valence-corrected chi connectivity index (χ3v) is 8.41. The number of aryl methyl sites for hydroxylation is 1. The number of likely N-dealkylation sites (tertiary alicyclic amines) is 1. The van der Waals surface area contributed by atoms with E-state index >= 15 is 0 Å². The van der Waals surface area contributed by atoms with Gasteiger partial charge in [-0.2, -0.15) is 0 Å². The second-order valence-electron chi connectivity index (χ2n) is 10.6. The molecule has 3 aromatic rings. The fraction of sp³-hybridized carbons (Fsp3) is 0.414. The van der Waals surface area contributed by atoms with Crippen LogP contribution in [0.1, 0.15) is 60.1 Å². The molecule has 1 atom stereocenters. The first-order chi connectivity index (χ1) is 17.5. The molecule has 3 aliphatic rings. The minimum Gasteiger partial charge on any atom is -0.465 e. The van der Waals surface area contributed by atoms with Crippen LogP contribution in [0.15, 0.2) is 54.9 Å². The third-order valence-electron chi connectivity index (χ3n) is 8.41. The maximum absolute atomic E-state index is 11.4. The minimum atomic E-state index is -0.989. The van der Waals surface area contributed by atoms with Crippen LogP contribution in [-0.4, -0.2) is 45.7 Å². The van der Waals surface area contributed by atoms with E-state index in [1.165, 1.54) is 28.1 Å². The molecule has 36 heavy (non-hydrogen) atoms. The maximum atomic E-state index is 11.4. The number of rotatable bonds is 5. The lowest BCUT2D eigenvalue weighted by atomic mass is 9.72. The summed E-state index contributed by atoms with van der Waals surface area (Å²) in [6.45, 7) is 6.47. The van der Waals surface area contributed by atoms with Gasteiger partial charge < -0.3 is 15.3 Å². The van der Waals surface area contributed by atoms with Gasteiger partial charge in [-0.25, -0.2) is 14.8 Å². The van der Waals surface area contributed by atoms with Gasteiger partial charge in [0, 0.05) is 42.0 Å². The van der Waals surface area contributed by atoms with E-state index in [1.54, 1.807) is 6.33 Å². The molecular formula is C29H33N5O2. The molecule has 7 heteroatoms. The van der Waals surface area contributed by atoms with E-state index in [4.69, 9.17) is 4.98 Å². The van der Waals surface area contributed by atoms with Crippen LogP contribution in [0, 0.1) is 0 Å². The summed E-state index contributed by atoms with van der Waals surface area (Å²) < 4.78 is 0. The molecule has 2 aromatic carbocycles. The van der Waals surface area contributed by atoms with Crippen molar-refractivity contribution in [1.29, 1.82) is 0 Å². The number of carboxylic acid groups (broad SMARTS) is 1. The third kappa shape index (κ3) is 4.01. The van der Waals surface area contributed by atoms with Crippen LogP contribution in [0.25, 0.3) is 0 Å². The van der Waals surface area contributed by atoms with Gasteiger partial charge in [0.05, 0.1) is 0 Å². The average Bonchev–Trinajstić information content (AvgIpc) is 3.43. The zero-order chi connectivity index (χ0) is 24.7. The summed E-state index contributed by atoms with van der Waals surface area (Å²) in [4.78, 5) is 25.7. The highest BCUT2D eigenvalue weighted by molar-refractivity contribution is 5.75. The maximum Gasteiger partial charge on any atom is 0.404 e. The summed E-state index contributed by atoms with van der Waals surface area (Å²) >= 11 is 0. The van der Waals surface area contributed by atoms with E-state index in [1.807, 2.05) is 0 Å². The summed E-state index contributed by atoms with van der Waals surface area (Å²) in [5, 5.41) is 11.9. The summed E-state index contributed by atoms with van der Waals surface area (Å²) in [5.41, 5.74) is 7.34. The van der Waals surface area contributed by atoms with Gasteiger partial charge in [-0.3, -0.25) is 4.90 Å². The van der Waals surface area contributed by atoms with Crippen molar-refractivity contribution in [3.05, 3.63) is 82.8 Å². The highest BCUT2D eigenvalue weighted by atomic mass is 16.4. The fourth-order valence-electron chi connectivity index (χ4n) is 6.62. The molecule has 6 rings (SSSR count). The van der Waals surface area contributed by atoms with Crippen molar-refractivity contribution in [1.82, 2.24) is 20.2 Å². The number of benzene rings is 2. The number of hydrogen-bond acceptors (Lipinski definition) is 5. The number of hydrogen-bond donors (Lipinski definition) is 2.